The Morgan fingerprint density at radius 3 is 2.43 bits per heavy atom. The summed E-state index contributed by atoms with van der Waals surface area (Å²) in [5, 5.41) is 17.1. The molecular formula is C7H7N2O4S. The Morgan fingerprint density at radius 2 is 2.00 bits per heavy atom. The number of nitro benzene ring substituents is 1. The topological polar surface area (TPSA) is 101 Å². The normalized spacial score (nSPS) is 11.3. The molecule has 0 atom stereocenters. The summed E-state index contributed by atoms with van der Waals surface area (Å²) in [6, 6.07) is 3.39. The van der Waals surface area contributed by atoms with Gasteiger partial charge in [0.1, 0.15) is 0 Å². The molecule has 1 radical (unpaired) electrons. The van der Waals surface area contributed by atoms with E-state index in [9.17, 15) is 18.5 Å². The lowest BCUT2D eigenvalue weighted by molar-refractivity contribution is -0.385. The number of sulfonamides is 1. The summed E-state index contributed by atoms with van der Waals surface area (Å²) >= 11 is 0. The van der Waals surface area contributed by atoms with Crippen molar-refractivity contribution >= 4 is 15.7 Å². The largest absolute Gasteiger partial charge is 0.270 e. The van der Waals surface area contributed by atoms with Crippen molar-refractivity contribution < 1.29 is 13.3 Å². The maximum absolute atomic E-state index is 10.9. The van der Waals surface area contributed by atoms with Crippen molar-refractivity contribution in [1.82, 2.24) is 5.14 Å². The van der Waals surface area contributed by atoms with Crippen LogP contribution in [0.5, 0.6) is 0 Å². The van der Waals surface area contributed by atoms with Crippen LogP contribution in [-0.4, -0.2) is 13.3 Å². The predicted octanol–water partition coefficient (Wildman–Crippen LogP) is 0.875. The molecule has 0 saturated heterocycles. The van der Waals surface area contributed by atoms with Crippen LogP contribution in [-0.2, 0) is 10.0 Å². The fourth-order valence-corrected chi connectivity index (χ4v) is 1.76. The van der Waals surface area contributed by atoms with E-state index in [2.05, 4.69) is 0 Å². The highest BCUT2D eigenvalue weighted by Crippen LogP contribution is 2.20. The number of hydrogen-bond acceptors (Lipinski definition) is 4. The van der Waals surface area contributed by atoms with Crippen molar-refractivity contribution in [1.29, 1.82) is 0 Å². The molecule has 0 saturated carbocycles. The lowest BCUT2D eigenvalue weighted by atomic mass is 10.2. The molecule has 75 valence electrons. The fraction of sp³-hybridized carbons (Fsp3) is 0.143. The summed E-state index contributed by atoms with van der Waals surface area (Å²) in [7, 11) is -4.14. The average Bonchev–Trinajstić information content (AvgIpc) is 2.02. The van der Waals surface area contributed by atoms with Crippen molar-refractivity contribution in [2.24, 2.45) is 0 Å². The molecular weight excluding hydrogens is 208 g/mol. The van der Waals surface area contributed by atoms with Gasteiger partial charge in [0.15, 0.2) is 0 Å². The first kappa shape index (κ1) is 10.6. The Kier molecular flexibility index (Phi) is 2.54. The third kappa shape index (κ3) is 2.06. The molecule has 1 aromatic rings. The highest BCUT2D eigenvalue weighted by molar-refractivity contribution is 7.88. The van der Waals surface area contributed by atoms with Crippen LogP contribution in [0, 0.1) is 17.0 Å². The van der Waals surface area contributed by atoms with Crippen molar-refractivity contribution in [2.45, 2.75) is 11.8 Å². The summed E-state index contributed by atoms with van der Waals surface area (Å²) in [6.45, 7) is 1.48. The predicted molar refractivity (Wildman–Crippen MR) is 48.1 cm³/mol. The third-order valence-electron chi connectivity index (χ3n) is 1.67. The maximum atomic E-state index is 10.9. The maximum Gasteiger partial charge on any atom is 0.270 e. The van der Waals surface area contributed by atoms with Gasteiger partial charge in [0.25, 0.3) is 15.7 Å². The van der Waals surface area contributed by atoms with Crippen molar-refractivity contribution in [2.75, 3.05) is 0 Å². The van der Waals surface area contributed by atoms with E-state index < -0.39 is 14.9 Å². The van der Waals surface area contributed by atoms with Gasteiger partial charge in [-0.2, -0.15) is 0 Å². The average molecular weight is 215 g/mol. The minimum Gasteiger partial charge on any atom is -0.258 e. The molecule has 0 aromatic heterocycles. The van der Waals surface area contributed by atoms with E-state index in [4.69, 9.17) is 5.14 Å². The number of benzene rings is 1. The second-order valence-electron chi connectivity index (χ2n) is 2.71. The third-order valence-corrected chi connectivity index (χ3v) is 2.69. The zero-order chi connectivity index (χ0) is 10.9. The summed E-state index contributed by atoms with van der Waals surface area (Å²) in [5.74, 6) is 0. The van der Waals surface area contributed by atoms with Gasteiger partial charge >= 0.3 is 0 Å². The molecule has 0 spiro atoms. The van der Waals surface area contributed by atoms with Crippen LogP contribution in [0.1, 0.15) is 5.56 Å². The molecule has 6 nitrogen and oxygen atoms in total. The fourth-order valence-electron chi connectivity index (χ4n) is 0.992. The zero-order valence-corrected chi connectivity index (χ0v) is 8.04. The zero-order valence-electron chi connectivity index (χ0n) is 7.22. The molecule has 0 aliphatic carbocycles. The summed E-state index contributed by atoms with van der Waals surface area (Å²) < 4.78 is 21.7. The first-order valence-corrected chi connectivity index (χ1v) is 5.05. The molecule has 0 bridgehead atoms. The van der Waals surface area contributed by atoms with Crippen LogP contribution in [0.3, 0.4) is 0 Å². The Bertz CT molecular complexity index is 480. The van der Waals surface area contributed by atoms with Gasteiger partial charge in [-0.25, -0.2) is 8.42 Å². The minimum absolute atomic E-state index is 0.325. The van der Waals surface area contributed by atoms with Crippen molar-refractivity contribution in [3.63, 3.8) is 0 Å². The van der Waals surface area contributed by atoms with Gasteiger partial charge < -0.3 is 0 Å². The van der Waals surface area contributed by atoms with E-state index in [1.807, 2.05) is 0 Å². The smallest absolute Gasteiger partial charge is 0.258 e. The van der Waals surface area contributed by atoms with Gasteiger partial charge in [-0.05, 0) is 12.5 Å². The molecule has 0 unspecified atom stereocenters. The molecule has 0 amide bonds. The van der Waals surface area contributed by atoms with E-state index in [0.717, 1.165) is 6.07 Å². The summed E-state index contributed by atoms with van der Waals surface area (Å²) in [5.41, 5.74) is -0.00738. The number of non-ortho nitro benzene ring substituents is 1. The quantitative estimate of drug-likeness (QED) is 0.539. The molecule has 7 heteroatoms. The lowest BCUT2D eigenvalue weighted by Crippen LogP contribution is -2.03. The Morgan fingerprint density at radius 1 is 1.43 bits per heavy atom. The SMILES string of the molecule is Cc1ccc([N+](=O)[O-])cc1S([NH])(=O)=O. The van der Waals surface area contributed by atoms with Gasteiger partial charge in [0, 0.05) is 12.1 Å². The number of aryl methyl sites for hydroxylation is 1. The number of nitrogens with zero attached hydrogens (tertiary/aromatic N) is 1. The van der Waals surface area contributed by atoms with Crippen LogP contribution < -0.4 is 5.14 Å². The lowest BCUT2D eigenvalue weighted by Gasteiger charge is -2.01. The first-order chi connectivity index (χ1) is 6.32. The van der Waals surface area contributed by atoms with Crippen LogP contribution in [0.4, 0.5) is 5.69 Å². The molecule has 0 aliphatic rings. The highest BCUT2D eigenvalue weighted by atomic mass is 32.2. The van der Waals surface area contributed by atoms with Crippen LogP contribution in [0.25, 0.3) is 0 Å². The van der Waals surface area contributed by atoms with E-state index in [-0.39, 0.29) is 10.6 Å². The number of hydrogen-bond donors (Lipinski definition) is 0. The summed E-state index contributed by atoms with van der Waals surface area (Å²) in [4.78, 5) is 9.31. The number of nitrogens with one attached hydrogen (secondary N) is 1. The standard InChI is InChI=1S/C7H7N2O4S/c1-5-2-3-6(9(10)11)4-7(5)14(8,12)13/h2-4,8H,1H3. The van der Waals surface area contributed by atoms with Gasteiger partial charge in [-0.3, -0.25) is 10.1 Å². The number of rotatable bonds is 2. The van der Waals surface area contributed by atoms with Gasteiger partial charge in [-0.1, -0.05) is 6.07 Å². The van der Waals surface area contributed by atoms with Gasteiger partial charge in [-0.15, -0.1) is 5.14 Å². The molecule has 1 N–H and O–H groups in total. The van der Waals surface area contributed by atoms with E-state index in [1.54, 1.807) is 0 Å². The molecule has 1 aromatic carbocycles. The van der Waals surface area contributed by atoms with E-state index >= 15 is 0 Å². The van der Waals surface area contributed by atoms with Crippen LogP contribution in [0.15, 0.2) is 23.1 Å². The van der Waals surface area contributed by atoms with Gasteiger partial charge in [0.05, 0.1) is 9.82 Å². The molecule has 1 rings (SSSR count). The Hall–Kier alpha value is -1.47. The Labute approximate surface area is 80.5 Å². The van der Waals surface area contributed by atoms with Crippen LogP contribution in [0.2, 0.25) is 0 Å². The van der Waals surface area contributed by atoms with E-state index in [1.165, 1.54) is 19.1 Å². The molecule has 0 heterocycles. The highest BCUT2D eigenvalue weighted by Gasteiger charge is 2.16. The van der Waals surface area contributed by atoms with E-state index in [0.29, 0.717) is 5.56 Å². The molecule has 0 aliphatic heterocycles. The van der Waals surface area contributed by atoms with Crippen molar-refractivity contribution in [3.8, 4) is 0 Å². The minimum atomic E-state index is -4.14. The van der Waals surface area contributed by atoms with Crippen LogP contribution >= 0.6 is 0 Å². The molecule has 14 heavy (non-hydrogen) atoms. The Balaban J connectivity index is 3.44. The monoisotopic (exact) mass is 215 g/mol. The second-order valence-corrected chi connectivity index (χ2v) is 4.16. The van der Waals surface area contributed by atoms with Gasteiger partial charge in [0.2, 0.25) is 0 Å². The van der Waals surface area contributed by atoms with Crippen molar-refractivity contribution in [3.05, 3.63) is 33.9 Å². The second kappa shape index (κ2) is 3.35. The first-order valence-electron chi connectivity index (χ1n) is 3.57. The summed E-state index contributed by atoms with van der Waals surface area (Å²) in [6.07, 6.45) is 0. The number of nitro groups is 1. The molecule has 0 fully saturated rings.